The van der Waals surface area contributed by atoms with Gasteiger partial charge in [-0.1, -0.05) is 38.1 Å². The third-order valence-corrected chi connectivity index (χ3v) is 7.70. The zero-order valence-corrected chi connectivity index (χ0v) is 22.7. The van der Waals surface area contributed by atoms with Crippen molar-refractivity contribution in [2.45, 2.75) is 38.8 Å². The van der Waals surface area contributed by atoms with Gasteiger partial charge in [0, 0.05) is 23.9 Å². The van der Waals surface area contributed by atoms with E-state index in [1.165, 1.54) is 6.33 Å². The van der Waals surface area contributed by atoms with Gasteiger partial charge in [-0.3, -0.25) is 9.59 Å². The lowest BCUT2D eigenvalue weighted by molar-refractivity contribution is -0.129. The Morgan fingerprint density at radius 1 is 1.10 bits per heavy atom. The average molecular weight is 548 g/mol. The van der Waals surface area contributed by atoms with E-state index in [0.29, 0.717) is 46.4 Å². The maximum absolute atomic E-state index is 13.4. The minimum atomic E-state index is -0.273. The number of hydrogen-bond donors (Lipinski definition) is 2. The van der Waals surface area contributed by atoms with Gasteiger partial charge in [-0.2, -0.15) is 5.10 Å². The van der Waals surface area contributed by atoms with Crippen LogP contribution in [0.15, 0.2) is 66.8 Å². The third-order valence-electron chi connectivity index (χ3n) is 7.70. The lowest BCUT2D eigenvalue weighted by Gasteiger charge is -2.33. The zero-order valence-electron chi connectivity index (χ0n) is 22.7. The van der Waals surface area contributed by atoms with Crippen LogP contribution in [0.5, 0.6) is 0 Å². The van der Waals surface area contributed by atoms with Crippen LogP contribution in [0.4, 0.5) is 11.6 Å². The van der Waals surface area contributed by atoms with Crippen LogP contribution >= 0.6 is 0 Å². The molecule has 2 amide bonds. The summed E-state index contributed by atoms with van der Waals surface area (Å²) in [5.41, 5.74) is 8.94. The number of fused-ring (bicyclic) bond motifs is 3. The number of amides is 2. The highest BCUT2D eigenvalue weighted by molar-refractivity contribution is 6.04. The van der Waals surface area contributed by atoms with Gasteiger partial charge < -0.3 is 16.0 Å². The number of likely N-dealkylation sites (tertiary alicyclic amines) is 1. The summed E-state index contributed by atoms with van der Waals surface area (Å²) in [6.07, 6.45) is 6.46. The fourth-order valence-corrected chi connectivity index (χ4v) is 5.94. The highest BCUT2D eigenvalue weighted by Gasteiger charge is 2.49. The van der Waals surface area contributed by atoms with Crippen LogP contribution in [-0.4, -0.2) is 54.0 Å². The molecule has 0 spiro atoms. The molecule has 3 atom stereocenters. The van der Waals surface area contributed by atoms with Crippen LogP contribution in [0.1, 0.15) is 43.1 Å². The fraction of sp³-hybridized carbons (Fsp3) is 0.300. The highest BCUT2D eigenvalue weighted by atomic mass is 16.2. The van der Waals surface area contributed by atoms with Crippen molar-refractivity contribution in [3.05, 3.63) is 83.7 Å². The predicted molar refractivity (Wildman–Crippen MR) is 154 cm³/mol. The Morgan fingerprint density at radius 2 is 1.88 bits per heavy atom. The largest absolute Gasteiger partial charge is 0.383 e. The third kappa shape index (κ3) is 4.78. The van der Waals surface area contributed by atoms with Crippen molar-refractivity contribution in [1.82, 2.24) is 29.6 Å². The number of carbonyl (C=O) groups excluding carboxylic acids is 2. The second-order valence-electron chi connectivity index (χ2n) is 10.8. The Hall–Kier alpha value is -5.11. The van der Waals surface area contributed by atoms with Gasteiger partial charge in [0.05, 0.1) is 24.0 Å². The number of nitrogens with one attached hydrogen (secondary N) is 1. The summed E-state index contributed by atoms with van der Waals surface area (Å²) < 4.78 is 1.87. The second-order valence-corrected chi connectivity index (χ2v) is 10.8. The molecule has 6 rings (SSSR count). The van der Waals surface area contributed by atoms with Gasteiger partial charge in [0.1, 0.15) is 23.7 Å². The van der Waals surface area contributed by atoms with Crippen molar-refractivity contribution < 1.29 is 9.59 Å². The summed E-state index contributed by atoms with van der Waals surface area (Å²) in [6.45, 7) is 12.1. The summed E-state index contributed by atoms with van der Waals surface area (Å²) in [7, 11) is 0. The molecular formula is C30H29N9O2. The molecule has 4 heterocycles. The Labute approximate surface area is 236 Å². The monoisotopic (exact) mass is 547 g/mol. The summed E-state index contributed by atoms with van der Waals surface area (Å²) >= 11 is 0. The van der Waals surface area contributed by atoms with E-state index in [9.17, 15) is 9.59 Å². The minimum Gasteiger partial charge on any atom is -0.383 e. The number of pyridine rings is 1. The van der Waals surface area contributed by atoms with E-state index >= 15 is 0 Å². The number of rotatable bonds is 6. The van der Waals surface area contributed by atoms with Gasteiger partial charge in [0.25, 0.3) is 11.8 Å². The van der Waals surface area contributed by atoms with Gasteiger partial charge in [-0.25, -0.2) is 24.5 Å². The minimum absolute atomic E-state index is 0.100. The maximum atomic E-state index is 13.4. The lowest BCUT2D eigenvalue weighted by atomic mass is 10.0. The number of allylic oxidation sites excluding steroid dienone is 1. The molecule has 2 fully saturated rings. The molecule has 206 valence electrons. The number of aromatic nitrogens is 5. The van der Waals surface area contributed by atoms with Crippen LogP contribution in [-0.2, 0) is 4.79 Å². The van der Waals surface area contributed by atoms with Crippen molar-refractivity contribution in [2.24, 2.45) is 11.8 Å². The molecular weight excluding hydrogens is 518 g/mol. The molecule has 1 unspecified atom stereocenters. The molecule has 3 N–H and O–H groups in total. The Bertz CT molecular complexity index is 1700. The van der Waals surface area contributed by atoms with Crippen LogP contribution in [0, 0.1) is 18.4 Å². The fourth-order valence-electron chi connectivity index (χ4n) is 5.94. The first-order chi connectivity index (χ1) is 19.8. The SMILES string of the molecule is [C-]#[N+]/C(=C\C(C)C)C(=O)N1C[C@H]2CC(n3nc(-c4ccc(C(=O)Nc5ccccn5)cc4)c4c(N)ncnc43)[C@H]1C2. The summed E-state index contributed by atoms with van der Waals surface area (Å²) in [6, 6.07) is 12.2. The Kier molecular flexibility index (Phi) is 6.67. The van der Waals surface area contributed by atoms with E-state index in [-0.39, 0.29) is 35.5 Å². The van der Waals surface area contributed by atoms with Crippen molar-refractivity contribution in [1.29, 1.82) is 0 Å². The van der Waals surface area contributed by atoms with E-state index in [4.69, 9.17) is 17.4 Å². The molecule has 0 radical (unpaired) electrons. The van der Waals surface area contributed by atoms with Crippen molar-refractivity contribution >= 4 is 34.5 Å². The maximum Gasteiger partial charge on any atom is 0.256 e. The van der Waals surface area contributed by atoms with Crippen molar-refractivity contribution in [3.8, 4) is 11.3 Å². The second kappa shape index (κ2) is 10.5. The first-order valence-electron chi connectivity index (χ1n) is 13.6. The molecule has 3 aromatic heterocycles. The molecule has 41 heavy (non-hydrogen) atoms. The number of nitrogen functional groups attached to an aromatic ring is 1. The van der Waals surface area contributed by atoms with E-state index in [1.54, 1.807) is 42.6 Å². The van der Waals surface area contributed by atoms with Crippen molar-refractivity contribution in [2.75, 3.05) is 17.6 Å². The normalized spacial score (nSPS) is 20.0. The first kappa shape index (κ1) is 26.1. The molecule has 1 saturated carbocycles. The number of piperidine rings is 1. The quantitative estimate of drug-likeness (QED) is 0.271. The smallest absolute Gasteiger partial charge is 0.256 e. The van der Waals surface area contributed by atoms with E-state index in [1.807, 2.05) is 35.6 Å². The van der Waals surface area contributed by atoms with E-state index < -0.39 is 0 Å². The predicted octanol–water partition coefficient (Wildman–Crippen LogP) is 4.34. The van der Waals surface area contributed by atoms with Gasteiger partial charge in [0.2, 0.25) is 5.70 Å². The van der Waals surface area contributed by atoms with Crippen LogP contribution < -0.4 is 11.1 Å². The number of benzene rings is 1. The topological polar surface area (TPSA) is 136 Å². The molecule has 11 heteroatoms. The summed E-state index contributed by atoms with van der Waals surface area (Å²) in [5, 5.41) is 8.39. The molecule has 2 bridgehead atoms. The lowest BCUT2D eigenvalue weighted by Crippen LogP contribution is -2.43. The zero-order chi connectivity index (χ0) is 28.7. The Balaban J connectivity index is 1.32. The van der Waals surface area contributed by atoms with Gasteiger partial charge in [0.15, 0.2) is 5.65 Å². The van der Waals surface area contributed by atoms with Crippen LogP contribution in [0.25, 0.3) is 27.1 Å². The molecule has 1 aliphatic heterocycles. The summed E-state index contributed by atoms with van der Waals surface area (Å²) in [5.74, 6) is 0.696. The summed E-state index contributed by atoms with van der Waals surface area (Å²) in [4.78, 5) is 44.3. The molecule has 11 nitrogen and oxygen atoms in total. The average Bonchev–Trinajstić information content (AvgIpc) is 3.69. The van der Waals surface area contributed by atoms with Gasteiger partial charge in [-0.15, -0.1) is 0 Å². The standard InChI is InChI=1S/C30H29N9O2/c1-17(2)12-21(32-3)30(41)38-15-18-13-22(38)23(14-18)39-28-25(27(31)34-16-35-28)26(37-39)19-7-9-20(10-8-19)29(40)36-24-6-4-5-11-33-24/h4-12,16-18,22-23H,13-15H2,1-2H3,(H2,31,34,35)(H,33,36,40)/b21-12-/t18-,22-,23?/m1/s1. The first-order valence-corrected chi connectivity index (χ1v) is 13.6. The van der Waals surface area contributed by atoms with E-state index in [0.717, 1.165) is 18.4 Å². The molecule has 1 saturated heterocycles. The van der Waals surface area contributed by atoms with Crippen LogP contribution in [0.2, 0.25) is 0 Å². The molecule has 2 aliphatic rings. The van der Waals surface area contributed by atoms with Crippen LogP contribution in [0.3, 0.4) is 0 Å². The number of anilines is 2. The number of hydrogen-bond acceptors (Lipinski definition) is 7. The molecule has 1 aromatic carbocycles. The molecule has 1 aliphatic carbocycles. The number of nitrogens with two attached hydrogens (primary N) is 1. The highest BCUT2D eigenvalue weighted by Crippen LogP contribution is 2.46. The van der Waals surface area contributed by atoms with Crippen molar-refractivity contribution in [3.63, 3.8) is 0 Å². The molecule has 4 aromatic rings. The number of carbonyl (C=O) groups is 2. The van der Waals surface area contributed by atoms with E-state index in [2.05, 4.69) is 25.1 Å². The Morgan fingerprint density at radius 3 is 2.56 bits per heavy atom. The van der Waals surface area contributed by atoms with Gasteiger partial charge >= 0.3 is 0 Å². The van der Waals surface area contributed by atoms with Gasteiger partial charge in [-0.05, 0) is 48.9 Å². The number of nitrogens with zero attached hydrogens (tertiary/aromatic N) is 7.